The fourth-order valence-electron chi connectivity index (χ4n) is 2.26. The molecule has 2 aromatic heterocycles. The Kier molecular flexibility index (Phi) is 4.00. The minimum atomic E-state index is -0.514. The maximum absolute atomic E-state index is 12.6. The number of hydrogen-bond donors (Lipinski definition) is 1. The molecule has 6 heteroatoms. The molecule has 0 spiro atoms. The zero-order chi connectivity index (χ0) is 15.4. The molecule has 3 aromatic rings. The molecule has 6 nitrogen and oxygen atoms in total. The third kappa shape index (κ3) is 3.06. The van der Waals surface area contributed by atoms with E-state index >= 15 is 0 Å². The number of hydrogen-bond acceptors (Lipinski definition) is 4. The van der Waals surface area contributed by atoms with Gasteiger partial charge >= 0.3 is 0 Å². The molecule has 1 N–H and O–H groups in total. The molecule has 1 atom stereocenters. The molecule has 3 rings (SSSR count). The molecule has 0 saturated heterocycles. The van der Waals surface area contributed by atoms with E-state index in [1.165, 1.54) is 0 Å². The number of nitrogens with zero attached hydrogens (tertiary/aromatic N) is 3. The lowest BCUT2D eigenvalue weighted by Crippen LogP contribution is -2.33. The second kappa shape index (κ2) is 6.26. The summed E-state index contributed by atoms with van der Waals surface area (Å²) in [6.45, 7) is 2.13. The average molecular weight is 296 g/mol. The van der Waals surface area contributed by atoms with Crippen LogP contribution in [0.15, 0.2) is 59.4 Å². The predicted octanol–water partition coefficient (Wildman–Crippen LogP) is 2.09. The predicted molar refractivity (Wildman–Crippen MR) is 79.9 cm³/mol. The van der Waals surface area contributed by atoms with Crippen molar-refractivity contribution in [3.8, 4) is 0 Å². The fourth-order valence-corrected chi connectivity index (χ4v) is 2.26. The van der Waals surface area contributed by atoms with Gasteiger partial charge in [-0.15, -0.1) is 0 Å². The smallest absolute Gasteiger partial charge is 0.249 e. The number of carbonyl (C=O) groups excluding carboxylic acids is 1. The van der Waals surface area contributed by atoms with Gasteiger partial charge < -0.3 is 9.84 Å². The SMILES string of the molecule is Cc1cc(CNC(=O)C(c2ccccc2)n2cccn2)on1. The summed E-state index contributed by atoms with van der Waals surface area (Å²) in [4.78, 5) is 12.6. The van der Waals surface area contributed by atoms with Crippen LogP contribution in [0.3, 0.4) is 0 Å². The van der Waals surface area contributed by atoms with Crippen LogP contribution in [-0.4, -0.2) is 20.8 Å². The highest BCUT2D eigenvalue weighted by Crippen LogP contribution is 2.17. The highest BCUT2D eigenvalue weighted by molar-refractivity contribution is 5.83. The highest BCUT2D eigenvalue weighted by Gasteiger charge is 2.22. The van der Waals surface area contributed by atoms with E-state index in [2.05, 4.69) is 15.6 Å². The van der Waals surface area contributed by atoms with Crippen molar-refractivity contribution in [2.75, 3.05) is 0 Å². The summed E-state index contributed by atoms with van der Waals surface area (Å²) in [7, 11) is 0. The van der Waals surface area contributed by atoms with Crippen molar-refractivity contribution < 1.29 is 9.32 Å². The summed E-state index contributed by atoms with van der Waals surface area (Å²) in [6, 6.07) is 12.6. The first kappa shape index (κ1) is 14.1. The number of carbonyl (C=O) groups is 1. The average Bonchev–Trinajstić information content (AvgIpc) is 3.18. The molecular weight excluding hydrogens is 280 g/mol. The van der Waals surface area contributed by atoms with Gasteiger partial charge in [0.2, 0.25) is 5.91 Å². The summed E-state index contributed by atoms with van der Waals surface area (Å²) >= 11 is 0. The van der Waals surface area contributed by atoms with Crippen molar-refractivity contribution in [3.05, 3.63) is 71.9 Å². The van der Waals surface area contributed by atoms with Crippen LogP contribution in [0.25, 0.3) is 0 Å². The lowest BCUT2D eigenvalue weighted by atomic mass is 10.1. The first-order chi connectivity index (χ1) is 10.7. The topological polar surface area (TPSA) is 73.0 Å². The van der Waals surface area contributed by atoms with Crippen LogP contribution in [-0.2, 0) is 11.3 Å². The maximum atomic E-state index is 12.6. The van der Waals surface area contributed by atoms with Crippen LogP contribution in [0.4, 0.5) is 0 Å². The second-order valence-corrected chi connectivity index (χ2v) is 4.95. The molecule has 2 heterocycles. The van der Waals surface area contributed by atoms with Gasteiger partial charge in [0.1, 0.15) is 0 Å². The van der Waals surface area contributed by atoms with Gasteiger partial charge in [-0.3, -0.25) is 9.48 Å². The van der Waals surface area contributed by atoms with Crippen molar-refractivity contribution in [2.24, 2.45) is 0 Å². The molecule has 1 aromatic carbocycles. The van der Waals surface area contributed by atoms with Gasteiger partial charge in [0.25, 0.3) is 0 Å². The molecule has 1 amide bonds. The standard InChI is InChI=1S/C16H16N4O2/c1-12-10-14(22-19-12)11-17-16(21)15(20-9-5-8-18-20)13-6-3-2-4-7-13/h2-10,15H,11H2,1H3,(H,17,21). The minimum absolute atomic E-state index is 0.149. The molecule has 0 aliphatic heterocycles. The zero-order valence-corrected chi connectivity index (χ0v) is 12.1. The van der Waals surface area contributed by atoms with Crippen LogP contribution in [0.5, 0.6) is 0 Å². The molecule has 0 aliphatic carbocycles. The number of amides is 1. The molecule has 1 unspecified atom stereocenters. The number of aryl methyl sites for hydroxylation is 1. The Balaban J connectivity index is 1.78. The van der Waals surface area contributed by atoms with Crippen molar-refractivity contribution in [2.45, 2.75) is 19.5 Å². The lowest BCUT2D eigenvalue weighted by Gasteiger charge is -2.17. The number of rotatable bonds is 5. The number of benzene rings is 1. The normalized spacial score (nSPS) is 12.0. The third-order valence-electron chi connectivity index (χ3n) is 3.27. The van der Waals surface area contributed by atoms with Crippen LogP contribution < -0.4 is 5.32 Å². The van der Waals surface area contributed by atoms with Gasteiger partial charge in [0, 0.05) is 18.5 Å². The third-order valence-corrected chi connectivity index (χ3v) is 3.27. The van der Waals surface area contributed by atoms with E-state index in [4.69, 9.17) is 4.52 Å². The van der Waals surface area contributed by atoms with Gasteiger partial charge in [-0.25, -0.2) is 0 Å². The molecule has 0 radical (unpaired) electrons. The van der Waals surface area contributed by atoms with Crippen LogP contribution in [0.2, 0.25) is 0 Å². The van der Waals surface area contributed by atoms with Gasteiger partial charge in [-0.1, -0.05) is 35.5 Å². The van der Waals surface area contributed by atoms with Crippen molar-refractivity contribution >= 4 is 5.91 Å². The fraction of sp³-hybridized carbons (Fsp3) is 0.188. The molecule has 0 saturated carbocycles. The highest BCUT2D eigenvalue weighted by atomic mass is 16.5. The Morgan fingerprint density at radius 3 is 2.77 bits per heavy atom. The van der Waals surface area contributed by atoms with Crippen LogP contribution >= 0.6 is 0 Å². The van der Waals surface area contributed by atoms with E-state index in [0.29, 0.717) is 12.3 Å². The first-order valence-corrected chi connectivity index (χ1v) is 6.98. The quantitative estimate of drug-likeness (QED) is 0.782. The Labute approximate surface area is 127 Å². The molecule has 112 valence electrons. The maximum Gasteiger partial charge on any atom is 0.249 e. The first-order valence-electron chi connectivity index (χ1n) is 6.98. The Morgan fingerprint density at radius 1 is 1.32 bits per heavy atom. The summed E-state index contributed by atoms with van der Waals surface area (Å²) < 4.78 is 6.74. The van der Waals surface area contributed by atoms with Crippen molar-refractivity contribution in [1.29, 1.82) is 0 Å². The number of nitrogens with one attached hydrogen (secondary N) is 1. The summed E-state index contributed by atoms with van der Waals surface area (Å²) in [5.41, 5.74) is 1.66. The van der Waals surface area contributed by atoms with Gasteiger partial charge in [0.05, 0.1) is 12.2 Å². The van der Waals surface area contributed by atoms with Crippen LogP contribution in [0, 0.1) is 6.92 Å². The van der Waals surface area contributed by atoms with E-state index < -0.39 is 6.04 Å². The van der Waals surface area contributed by atoms with E-state index in [1.54, 1.807) is 29.2 Å². The van der Waals surface area contributed by atoms with Gasteiger partial charge in [0.15, 0.2) is 11.8 Å². The monoisotopic (exact) mass is 296 g/mol. The lowest BCUT2D eigenvalue weighted by molar-refractivity contribution is -0.123. The second-order valence-electron chi connectivity index (χ2n) is 4.95. The van der Waals surface area contributed by atoms with Crippen LogP contribution in [0.1, 0.15) is 23.1 Å². The van der Waals surface area contributed by atoms with Gasteiger partial charge in [-0.2, -0.15) is 5.10 Å². The Morgan fingerprint density at radius 2 is 2.14 bits per heavy atom. The summed E-state index contributed by atoms with van der Waals surface area (Å²) in [6.07, 6.45) is 3.43. The molecule has 22 heavy (non-hydrogen) atoms. The van der Waals surface area contributed by atoms with E-state index in [1.807, 2.05) is 37.3 Å². The van der Waals surface area contributed by atoms with Gasteiger partial charge in [-0.05, 0) is 18.6 Å². The molecule has 0 bridgehead atoms. The van der Waals surface area contributed by atoms with E-state index in [0.717, 1.165) is 11.3 Å². The largest absolute Gasteiger partial charge is 0.359 e. The zero-order valence-electron chi connectivity index (χ0n) is 12.1. The molecule has 0 aliphatic rings. The Hall–Kier alpha value is -2.89. The molecular formula is C16H16N4O2. The van der Waals surface area contributed by atoms with E-state index in [9.17, 15) is 4.79 Å². The number of aromatic nitrogens is 3. The van der Waals surface area contributed by atoms with E-state index in [-0.39, 0.29) is 5.91 Å². The molecule has 0 fully saturated rings. The minimum Gasteiger partial charge on any atom is -0.359 e. The summed E-state index contributed by atoms with van der Waals surface area (Å²) in [5, 5.41) is 10.9. The van der Waals surface area contributed by atoms with Crippen molar-refractivity contribution in [1.82, 2.24) is 20.3 Å². The van der Waals surface area contributed by atoms with Crippen molar-refractivity contribution in [3.63, 3.8) is 0 Å². The Bertz CT molecular complexity index is 735. The summed E-state index contributed by atoms with van der Waals surface area (Å²) in [5.74, 6) is 0.474.